The molecule has 1 fully saturated rings. The predicted octanol–water partition coefficient (Wildman–Crippen LogP) is 5.93. The second-order valence-corrected chi connectivity index (χ2v) is 6.99. The van der Waals surface area contributed by atoms with Gasteiger partial charge in [-0.25, -0.2) is 0 Å². The third kappa shape index (κ3) is 7.11. The van der Waals surface area contributed by atoms with Crippen molar-refractivity contribution in [1.82, 2.24) is 5.32 Å². The summed E-state index contributed by atoms with van der Waals surface area (Å²) >= 11 is 0. The van der Waals surface area contributed by atoms with Crippen molar-refractivity contribution in [3.05, 3.63) is 0 Å². The van der Waals surface area contributed by atoms with E-state index in [1.165, 1.54) is 83.5 Å². The molecule has 0 heterocycles. The van der Waals surface area contributed by atoms with Crippen LogP contribution in [0, 0.1) is 11.8 Å². The topological polar surface area (TPSA) is 12.0 Å². The molecule has 0 amide bonds. The lowest BCUT2D eigenvalue weighted by atomic mass is 9.76. The first-order valence-corrected chi connectivity index (χ1v) is 9.49. The number of hydrogen-bond acceptors (Lipinski definition) is 1. The monoisotopic (exact) mass is 281 g/mol. The zero-order valence-electron chi connectivity index (χ0n) is 14.4. The molecule has 1 atom stereocenters. The smallest absolute Gasteiger partial charge is 0.00923 e. The molecule has 0 aromatic rings. The Morgan fingerprint density at radius 2 is 1.45 bits per heavy atom. The Labute approximate surface area is 128 Å². The Hall–Kier alpha value is -0.0400. The van der Waals surface area contributed by atoms with Crippen LogP contribution in [0.1, 0.15) is 97.3 Å². The van der Waals surface area contributed by atoms with Crippen molar-refractivity contribution < 1.29 is 0 Å². The molecule has 1 rings (SSSR count). The van der Waals surface area contributed by atoms with E-state index in [1.54, 1.807) is 0 Å². The average molecular weight is 282 g/mol. The van der Waals surface area contributed by atoms with Gasteiger partial charge in [0.25, 0.3) is 0 Å². The number of hydrogen-bond donors (Lipinski definition) is 1. The van der Waals surface area contributed by atoms with E-state index in [0.717, 1.165) is 17.9 Å². The summed E-state index contributed by atoms with van der Waals surface area (Å²) in [6, 6.07) is 0.795. The molecule has 0 aromatic carbocycles. The molecule has 1 N–H and O–H groups in total. The summed E-state index contributed by atoms with van der Waals surface area (Å²) in [5.74, 6) is 1.99. The third-order valence-electron chi connectivity index (χ3n) is 5.53. The Kier molecular flexibility index (Phi) is 10.4. The van der Waals surface area contributed by atoms with Crippen LogP contribution in [0.25, 0.3) is 0 Å². The summed E-state index contributed by atoms with van der Waals surface area (Å²) in [6.07, 6.45) is 18.8. The lowest BCUT2D eigenvalue weighted by Gasteiger charge is -2.33. The van der Waals surface area contributed by atoms with Gasteiger partial charge in [0.15, 0.2) is 0 Å². The Morgan fingerprint density at radius 3 is 2.00 bits per heavy atom. The molecule has 120 valence electrons. The van der Waals surface area contributed by atoms with Crippen LogP contribution in [-0.2, 0) is 0 Å². The lowest BCUT2D eigenvalue weighted by Crippen LogP contribution is -2.35. The van der Waals surface area contributed by atoms with Crippen LogP contribution in [0.5, 0.6) is 0 Å². The van der Waals surface area contributed by atoms with E-state index < -0.39 is 0 Å². The van der Waals surface area contributed by atoms with Crippen LogP contribution >= 0.6 is 0 Å². The van der Waals surface area contributed by atoms with Crippen molar-refractivity contribution in [1.29, 1.82) is 0 Å². The summed E-state index contributed by atoms with van der Waals surface area (Å²) in [6.45, 7) is 4.66. The molecular weight excluding hydrogens is 242 g/mol. The van der Waals surface area contributed by atoms with Gasteiger partial charge in [-0.15, -0.1) is 0 Å². The van der Waals surface area contributed by atoms with Crippen molar-refractivity contribution in [2.45, 2.75) is 103 Å². The van der Waals surface area contributed by atoms with Gasteiger partial charge in [0.2, 0.25) is 0 Å². The van der Waals surface area contributed by atoms with E-state index in [9.17, 15) is 0 Å². The standard InChI is InChI=1S/C19H39N/c1-4-6-7-8-9-10-11-12-19(20-3)18-15-13-17(5-2)14-16-18/h17-20H,4-16H2,1-3H3. The maximum absolute atomic E-state index is 3.62. The highest BCUT2D eigenvalue weighted by Crippen LogP contribution is 2.33. The molecule has 0 bridgehead atoms. The Bertz CT molecular complexity index is 206. The SMILES string of the molecule is CCCCCCCCCC(NC)C1CCC(CC)CC1. The molecule has 1 heteroatoms. The van der Waals surface area contributed by atoms with E-state index in [1.807, 2.05) is 0 Å². The van der Waals surface area contributed by atoms with Crippen LogP contribution in [0.15, 0.2) is 0 Å². The van der Waals surface area contributed by atoms with E-state index in [4.69, 9.17) is 0 Å². The molecule has 0 saturated heterocycles. The number of rotatable bonds is 11. The first kappa shape index (κ1) is 18.0. The van der Waals surface area contributed by atoms with E-state index >= 15 is 0 Å². The van der Waals surface area contributed by atoms with Gasteiger partial charge >= 0.3 is 0 Å². The minimum Gasteiger partial charge on any atom is -0.317 e. The van der Waals surface area contributed by atoms with E-state index in [2.05, 4.69) is 26.2 Å². The first-order chi connectivity index (χ1) is 9.81. The predicted molar refractivity (Wildman–Crippen MR) is 91.2 cm³/mol. The molecular formula is C19H39N. The summed E-state index contributed by atoms with van der Waals surface area (Å²) < 4.78 is 0. The van der Waals surface area contributed by atoms with Crippen molar-refractivity contribution in [3.8, 4) is 0 Å². The minimum atomic E-state index is 0.795. The first-order valence-electron chi connectivity index (χ1n) is 9.49. The highest BCUT2D eigenvalue weighted by atomic mass is 14.9. The molecule has 0 aliphatic heterocycles. The van der Waals surface area contributed by atoms with Crippen LogP contribution in [0.3, 0.4) is 0 Å². The fourth-order valence-electron chi connectivity index (χ4n) is 3.94. The number of unbranched alkanes of at least 4 members (excludes halogenated alkanes) is 6. The molecule has 0 spiro atoms. The van der Waals surface area contributed by atoms with E-state index in [-0.39, 0.29) is 0 Å². The van der Waals surface area contributed by atoms with Crippen molar-refractivity contribution in [2.75, 3.05) is 7.05 Å². The quantitative estimate of drug-likeness (QED) is 0.463. The van der Waals surface area contributed by atoms with E-state index in [0.29, 0.717) is 0 Å². The van der Waals surface area contributed by atoms with Gasteiger partial charge in [-0.2, -0.15) is 0 Å². The van der Waals surface area contributed by atoms with Crippen LogP contribution < -0.4 is 5.32 Å². The minimum absolute atomic E-state index is 0.795. The van der Waals surface area contributed by atoms with Gasteiger partial charge in [-0.3, -0.25) is 0 Å². The fraction of sp³-hybridized carbons (Fsp3) is 1.00. The van der Waals surface area contributed by atoms with Gasteiger partial charge in [0, 0.05) is 6.04 Å². The van der Waals surface area contributed by atoms with Gasteiger partial charge in [-0.05, 0) is 38.1 Å². The van der Waals surface area contributed by atoms with Gasteiger partial charge in [0.1, 0.15) is 0 Å². The zero-order valence-corrected chi connectivity index (χ0v) is 14.4. The largest absolute Gasteiger partial charge is 0.317 e. The van der Waals surface area contributed by atoms with Crippen molar-refractivity contribution in [3.63, 3.8) is 0 Å². The fourth-order valence-corrected chi connectivity index (χ4v) is 3.94. The zero-order chi connectivity index (χ0) is 14.6. The summed E-state index contributed by atoms with van der Waals surface area (Å²) in [5, 5.41) is 3.62. The van der Waals surface area contributed by atoms with Crippen LogP contribution in [0.4, 0.5) is 0 Å². The maximum atomic E-state index is 3.62. The molecule has 1 saturated carbocycles. The molecule has 1 aliphatic carbocycles. The molecule has 0 aromatic heterocycles. The Morgan fingerprint density at radius 1 is 0.850 bits per heavy atom. The third-order valence-corrected chi connectivity index (χ3v) is 5.53. The molecule has 0 radical (unpaired) electrons. The molecule has 1 aliphatic rings. The number of nitrogens with one attached hydrogen (secondary N) is 1. The molecule has 20 heavy (non-hydrogen) atoms. The van der Waals surface area contributed by atoms with Gasteiger partial charge < -0.3 is 5.32 Å². The Balaban J connectivity index is 2.07. The van der Waals surface area contributed by atoms with Crippen molar-refractivity contribution >= 4 is 0 Å². The summed E-state index contributed by atoms with van der Waals surface area (Å²) in [7, 11) is 2.18. The maximum Gasteiger partial charge on any atom is 0.00923 e. The summed E-state index contributed by atoms with van der Waals surface area (Å²) in [4.78, 5) is 0. The molecule has 1 unspecified atom stereocenters. The second kappa shape index (κ2) is 11.6. The highest BCUT2D eigenvalue weighted by Gasteiger charge is 2.25. The lowest BCUT2D eigenvalue weighted by molar-refractivity contribution is 0.214. The van der Waals surface area contributed by atoms with Crippen LogP contribution in [0.2, 0.25) is 0 Å². The normalized spacial score (nSPS) is 24.8. The molecule has 1 nitrogen and oxygen atoms in total. The summed E-state index contributed by atoms with van der Waals surface area (Å²) in [5.41, 5.74) is 0. The average Bonchev–Trinajstić information content (AvgIpc) is 2.50. The highest BCUT2D eigenvalue weighted by molar-refractivity contribution is 4.80. The van der Waals surface area contributed by atoms with Crippen molar-refractivity contribution in [2.24, 2.45) is 11.8 Å². The second-order valence-electron chi connectivity index (χ2n) is 6.99. The van der Waals surface area contributed by atoms with Gasteiger partial charge in [-0.1, -0.05) is 78.1 Å². The van der Waals surface area contributed by atoms with Gasteiger partial charge in [0.05, 0.1) is 0 Å². The van der Waals surface area contributed by atoms with Crippen LogP contribution in [-0.4, -0.2) is 13.1 Å².